The lowest BCUT2D eigenvalue weighted by Gasteiger charge is -2.31. The van der Waals surface area contributed by atoms with E-state index in [2.05, 4.69) is 25.2 Å². The Morgan fingerprint density at radius 1 is 1.38 bits per heavy atom. The Hall–Kier alpha value is -1.55. The van der Waals surface area contributed by atoms with Crippen molar-refractivity contribution in [1.82, 2.24) is 10.2 Å². The van der Waals surface area contributed by atoms with Gasteiger partial charge in [0, 0.05) is 19.1 Å². The van der Waals surface area contributed by atoms with Crippen molar-refractivity contribution in [3.8, 4) is 5.75 Å². The number of carbonyl (C=O) groups excluding carboxylic acids is 1. The molecule has 1 fully saturated rings. The largest absolute Gasteiger partial charge is 0.484 e. The fourth-order valence-electron chi connectivity index (χ4n) is 2.62. The fourth-order valence-corrected chi connectivity index (χ4v) is 2.62. The van der Waals surface area contributed by atoms with Crippen molar-refractivity contribution in [2.24, 2.45) is 0 Å². The smallest absolute Gasteiger partial charge is 0.260 e. The summed E-state index contributed by atoms with van der Waals surface area (Å²) in [4.78, 5) is 14.1. The number of hydrogen-bond donors (Lipinski definition) is 1. The van der Waals surface area contributed by atoms with E-state index in [1.54, 1.807) is 0 Å². The maximum atomic E-state index is 12.2. The summed E-state index contributed by atoms with van der Waals surface area (Å²) < 4.78 is 5.66. The first-order chi connectivity index (χ1) is 10.1. The molecule has 1 N–H and O–H groups in total. The Morgan fingerprint density at radius 3 is 2.71 bits per heavy atom. The van der Waals surface area contributed by atoms with Crippen LogP contribution in [0, 0.1) is 0 Å². The minimum absolute atomic E-state index is 0.0829. The lowest BCUT2D eigenvalue weighted by molar-refractivity contribution is -0.134. The second-order valence-electron chi connectivity index (χ2n) is 5.96. The van der Waals surface area contributed by atoms with Crippen LogP contribution < -0.4 is 10.1 Å². The van der Waals surface area contributed by atoms with E-state index in [0.717, 1.165) is 31.7 Å². The molecule has 21 heavy (non-hydrogen) atoms. The lowest BCUT2D eigenvalue weighted by atomic mass is 10.0. The highest BCUT2D eigenvalue weighted by atomic mass is 16.5. The van der Waals surface area contributed by atoms with Gasteiger partial charge in [-0.05, 0) is 43.5 Å². The van der Waals surface area contributed by atoms with E-state index < -0.39 is 0 Å². The van der Waals surface area contributed by atoms with Gasteiger partial charge in [0.15, 0.2) is 6.61 Å². The maximum Gasteiger partial charge on any atom is 0.260 e. The third kappa shape index (κ3) is 4.46. The molecule has 4 heteroatoms. The summed E-state index contributed by atoms with van der Waals surface area (Å²) in [6.07, 6.45) is 2.04. The summed E-state index contributed by atoms with van der Waals surface area (Å²) in [5.41, 5.74) is 1.23. The molecule has 0 bridgehead atoms. The molecule has 0 radical (unpaired) electrons. The molecule has 116 valence electrons. The topological polar surface area (TPSA) is 41.6 Å². The van der Waals surface area contributed by atoms with Crippen LogP contribution in [0.5, 0.6) is 5.75 Å². The van der Waals surface area contributed by atoms with Crippen LogP contribution >= 0.6 is 0 Å². The average molecular weight is 290 g/mol. The molecule has 4 nitrogen and oxygen atoms in total. The Balaban J connectivity index is 1.83. The Kier molecular flexibility index (Phi) is 5.62. The Morgan fingerprint density at radius 2 is 2.10 bits per heavy atom. The van der Waals surface area contributed by atoms with Crippen molar-refractivity contribution in [2.45, 2.75) is 38.6 Å². The van der Waals surface area contributed by atoms with E-state index >= 15 is 0 Å². The van der Waals surface area contributed by atoms with Gasteiger partial charge in [-0.25, -0.2) is 0 Å². The zero-order chi connectivity index (χ0) is 15.2. The van der Waals surface area contributed by atoms with Crippen LogP contribution in [0.2, 0.25) is 0 Å². The van der Waals surface area contributed by atoms with Crippen molar-refractivity contribution in [1.29, 1.82) is 0 Å². The number of piperidine rings is 1. The van der Waals surface area contributed by atoms with Gasteiger partial charge in [0.05, 0.1) is 0 Å². The highest BCUT2D eigenvalue weighted by Gasteiger charge is 2.21. The first-order valence-electron chi connectivity index (χ1n) is 7.78. The average Bonchev–Trinajstić information content (AvgIpc) is 2.53. The van der Waals surface area contributed by atoms with E-state index in [4.69, 9.17) is 4.74 Å². The number of hydrogen-bond acceptors (Lipinski definition) is 3. The zero-order valence-electron chi connectivity index (χ0n) is 13.3. The van der Waals surface area contributed by atoms with Gasteiger partial charge in [-0.15, -0.1) is 0 Å². The van der Waals surface area contributed by atoms with Gasteiger partial charge >= 0.3 is 0 Å². The number of nitrogens with zero attached hydrogens (tertiary/aromatic N) is 1. The second-order valence-corrected chi connectivity index (χ2v) is 5.96. The first kappa shape index (κ1) is 15.8. The molecule has 1 aliphatic rings. The van der Waals surface area contributed by atoms with Gasteiger partial charge in [-0.2, -0.15) is 0 Å². The van der Waals surface area contributed by atoms with Crippen LogP contribution in [0.15, 0.2) is 24.3 Å². The van der Waals surface area contributed by atoms with Crippen LogP contribution in [0.3, 0.4) is 0 Å². The minimum atomic E-state index is 0.0829. The van der Waals surface area contributed by atoms with E-state index in [0.29, 0.717) is 12.0 Å². The van der Waals surface area contributed by atoms with Crippen molar-refractivity contribution in [2.75, 3.05) is 26.7 Å². The van der Waals surface area contributed by atoms with Crippen molar-refractivity contribution < 1.29 is 9.53 Å². The van der Waals surface area contributed by atoms with Gasteiger partial charge in [0.2, 0.25) is 0 Å². The molecule has 0 atom stereocenters. The predicted molar refractivity (Wildman–Crippen MR) is 84.7 cm³/mol. The molecule has 1 aliphatic heterocycles. The molecule has 0 aromatic heterocycles. The number of likely N-dealkylation sites (tertiary alicyclic amines) is 1. The molecule has 0 unspecified atom stereocenters. The first-order valence-corrected chi connectivity index (χ1v) is 7.78. The summed E-state index contributed by atoms with van der Waals surface area (Å²) >= 11 is 0. The maximum absolute atomic E-state index is 12.2. The van der Waals surface area contributed by atoms with Crippen LogP contribution in [0.25, 0.3) is 0 Å². The van der Waals surface area contributed by atoms with Gasteiger partial charge < -0.3 is 15.0 Å². The Bertz CT molecular complexity index is 466. The third-order valence-corrected chi connectivity index (χ3v) is 4.14. The number of nitrogens with one attached hydrogen (secondary N) is 1. The van der Waals surface area contributed by atoms with Crippen LogP contribution in [0.1, 0.15) is 38.2 Å². The van der Waals surface area contributed by atoms with Gasteiger partial charge in [0.1, 0.15) is 5.75 Å². The van der Waals surface area contributed by atoms with Crippen molar-refractivity contribution in [3.05, 3.63) is 29.8 Å². The van der Waals surface area contributed by atoms with Gasteiger partial charge in [0.25, 0.3) is 5.91 Å². The standard InChI is InChI=1S/C17H26N2O2/c1-13(2)14-5-4-6-16(11-14)21-12-17(20)19-9-7-15(18-3)8-10-19/h4-6,11,13,15,18H,7-10,12H2,1-3H3. The Labute approximate surface area is 127 Å². The van der Waals surface area contributed by atoms with Gasteiger partial charge in [-0.1, -0.05) is 26.0 Å². The summed E-state index contributed by atoms with van der Waals surface area (Å²) in [5, 5.41) is 3.27. The van der Waals surface area contributed by atoms with Crippen molar-refractivity contribution >= 4 is 5.91 Å². The number of rotatable bonds is 5. The SMILES string of the molecule is CNC1CCN(C(=O)COc2cccc(C(C)C)c2)CC1. The molecule has 1 heterocycles. The molecule has 1 saturated heterocycles. The second kappa shape index (κ2) is 7.46. The van der Waals surface area contributed by atoms with Gasteiger partial charge in [-0.3, -0.25) is 4.79 Å². The van der Waals surface area contributed by atoms with Crippen molar-refractivity contribution in [3.63, 3.8) is 0 Å². The van der Waals surface area contributed by atoms with Crippen LogP contribution in [-0.2, 0) is 4.79 Å². The molecule has 1 aromatic rings. The molecule has 1 aromatic carbocycles. The normalized spacial score (nSPS) is 16.3. The number of ether oxygens (including phenoxy) is 1. The molecule has 0 spiro atoms. The van der Waals surface area contributed by atoms with Crippen LogP contribution in [0.4, 0.5) is 0 Å². The highest BCUT2D eigenvalue weighted by molar-refractivity contribution is 5.77. The van der Waals surface area contributed by atoms with E-state index in [1.165, 1.54) is 5.56 Å². The number of benzene rings is 1. The molecule has 0 aliphatic carbocycles. The lowest BCUT2D eigenvalue weighted by Crippen LogP contribution is -2.45. The summed E-state index contributed by atoms with van der Waals surface area (Å²) in [5.74, 6) is 1.32. The molecule has 2 rings (SSSR count). The summed E-state index contributed by atoms with van der Waals surface area (Å²) in [7, 11) is 1.98. The van der Waals surface area contributed by atoms with E-state index in [1.807, 2.05) is 30.1 Å². The molecule has 1 amide bonds. The number of amides is 1. The summed E-state index contributed by atoms with van der Waals surface area (Å²) in [6.45, 7) is 6.07. The monoisotopic (exact) mass is 290 g/mol. The number of carbonyl (C=O) groups is 1. The fraction of sp³-hybridized carbons (Fsp3) is 0.588. The zero-order valence-corrected chi connectivity index (χ0v) is 13.3. The molecular formula is C17H26N2O2. The minimum Gasteiger partial charge on any atom is -0.484 e. The molecule has 0 saturated carbocycles. The van der Waals surface area contributed by atoms with E-state index in [9.17, 15) is 4.79 Å². The molecular weight excluding hydrogens is 264 g/mol. The highest BCUT2D eigenvalue weighted by Crippen LogP contribution is 2.20. The predicted octanol–water partition coefficient (Wildman–Crippen LogP) is 2.40. The quantitative estimate of drug-likeness (QED) is 0.905. The van der Waals surface area contributed by atoms with E-state index in [-0.39, 0.29) is 12.5 Å². The third-order valence-electron chi connectivity index (χ3n) is 4.14. The summed E-state index contributed by atoms with van der Waals surface area (Å²) in [6, 6.07) is 8.53. The van der Waals surface area contributed by atoms with Crippen LogP contribution in [-0.4, -0.2) is 43.6 Å².